The van der Waals surface area contributed by atoms with Crippen LogP contribution in [-0.4, -0.2) is 29.6 Å². The number of ether oxygens (including phenoxy) is 1. The van der Waals surface area contributed by atoms with E-state index < -0.39 is 29.5 Å². The molecule has 0 aromatic heterocycles. The van der Waals surface area contributed by atoms with Gasteiger partial charge in [-0.3, -0.25) is 4.79 Å². The predicted octanol–water partition coefficient (Wildman–Crippen LogP) is 2.21. The van der Waals surface area contributed by atoms with E-state index >= 15 is 0 Å². The minimum absolute atomic E-state index is 0.219. The number of carboxylic acid groups (broad SMARTS) is 1. The van der Waals surface area contributed by atoms with E-state index in [1.165, 1.54) is 0 Å². The second-order valence-corrected chi connectivity index (χ2v) is 8.00. The van der Waals surface area contributed by atoms with E-state index in [1.807, 2.05) is 55.5 Å². The number of nitrogens with zero attached hydrogens (tertiary/aromatic N) is 1. The lowest BCUT2D eigenvalue weighted by Gasteiger charge is -2.34. The summed E-state index contributed by atoms with van der Waals surface area (Å²) in [6.07, 6.45) is 3.57. The van der Waals surface area contributed by atoms with Crippen molar-refractivity contribution in [2.24, 2.45) is 11.8 Å². The van der Waals surface area contributed by atoms with Crippen LogP contribution in [0.15, 0.2) is 66.8 Å². The molecule has 0 saturated carbocycles. The van der Waals surface area contributed by atoms with Gasteiger partial charge in [0.15, 0.2) is 0 Å². The number of carbonyl (C=O) groups is 2. The van der Waals surface area contributed by atoms with Gasteiger partial charge in [0.2, 0.25) is 5.91 Å². The molecule has 3 heterocycles. The highest BCUT2D eigenvalue weighted by Gasteiger charge is 2.69. The van der Waals surface area contributed by atoms with Crippen LogP contribution in [-0.2, 0) is 14.3 Å². The number of fused-ring (bicyclic) bond motifs is 2. The topological polar surface area (TPSA) is 69.7 Å². The summed E-state index contributed by atoms with van der Waals surface area (Å²) in [5.41, 5.74) is 0.730. The lowest BCUT2D eigenvalue weighted by atomic mass is 9.74. The van der Waals surface area contributed by atoms with Crippen LogP contribution in [0.2, 0.25) is 0 Å². The molecule has 5 heteroatoms. The third-order valence-electron chi connectivity index (χ3n) is 6.26. The van der Waals surface area contributed by atoms with Crippen LogP contribution in [0.5, 0.6) is 0 Å². The normalized spacial score (nSPS) is 32.9. The van der Waals surface area contributed by atoms with E-state index in [1.54, 1.807) is 11.0 Å². The van der Waals surface area contributed by atoms with Gasteiger partial charge in [0.1, 0.15) is 5.60 Å². The molecule has 2 fully saturated rings. The Hall–Kier alpha value is -2.92. The molecule has 5 rings (SSSR count). The molecule has 5 atom stereocenters. The van der Waals surface area contributed by atoms with Crippen LogP contribution in [0.3, 0.4) is 0 Å². The van der Waals surface area contributed by atoms with Crippen molar-refractivity contribution in [2.45, 2.75) is 31.1 Å². The lowest BCUT2D eigenvalue weighted by Crippen LogP contribution is -2.46. The highest BCUT2D eigenvalue weighted by molar-refractivity contribution is 6.09. The maximum Gasteiger partial charge on any atom is 0.234 e. The van der Waals surface area contributed by atoms with Crippen molar-refractivity contribution in [3.05, 3.63) is 66.8 Å². The zero-order valence-corrected chi connectivity index (χ0v) is 15.5. The monoisotopic (exact) mass is 374 g/mol. The molecule has 1 amide bonds. The average molecular weight is 374 g/mol. The van der Waals surface area contributed by atoms with Gasteiger partial charge in [-0.25, -0.2) is 0 Å². The second kappa shape index (κ2) is 5.79. The van der Waals surface area contributed by atoms with Gasteiger partial charge >= 0.3 is 0 Å². The van der Waals surface area contributed by atoms with Gasteiger partial charge in [-0.15, -0.1) is 6.58 Å². The van der Waals surface area contributed by atoms with Gasteiger partial charge in [-0.2, -0.15) is 0 Å². The lowest BCUT2D eigenvalue weighted by molar-refractivity contribution is -0.313. The van der Waals surface area contributed by atoms with Crippen LogP contribution in [0.1, 0.15) is 13.3 Å². The van der Waals surface area contributed by atoms with Crippen molar-refractivity contribution in [3.8, 4) is 0 Å². The highest BCUT2D eigenvalue weighted by Crippen LogP contribution is 2.57. The van der Waals surface area contributed by atoms with E-state index in [9.17, 15) is 14.7 Å². The molecule has 3 aliphatic heterocycles. The molecule has 0 unspecified atom stereocenters. The zero-order chi connectivity index (χ0) is 19.6. The third kappa shape index (κ3) is 2.11. The molecule has 28 heavy (non-hydrogen) atoms. The van der Waals surface area contributed by atoms with Crippen molar-refractivity contribution >= 4 is 28.3 Å². The van der Waals surface area contributed by atoms with Gasteiger partial charge in [-0.1, -0.05) is 54.1 Å². The minimum Gasteiger partial charge on any atom is -0.550 e. The number of hydrogen-bond donors (Lipinski definition) is 0. The molecule has 5 nitrogen and oxygen atoms in total. The Morgan fingerprint density at radius 2 is 2.00 bits per heavy atom. The molecule has 2 aromatic rings. The maximum atomic E-state index is 13.6. The summed E-state index contributed by atoms with van der Waals surface area (Å²) in [6, 6.07) is 13.3. The number of aliphatic carboxylic acids is 1. The summed E-state index contributed by atoms with van der Waals surface area (Å²) < 4.78 is 6.17. The minimum atomic E-state index is -1.23. The maximum absolute atomic E-state index is 13.6. The summed E-state index contributed by atoms with van der Waals surface area (Å²) in [5.74, 6) is -3.20. The second-order valence-electron chi connectivity index (χ2n) is 8.00. The number of rotatable bonds is 4. The van der Waals surface area contributed by atoms with Gasteiger partial charge in [0, 0.05) is 17.3 Å². The van der Waals surface area contributed by atoms with E-state index in [4.69, 9.17) is 4.74 Å². The van der Waals surface area contributed by atoms with Crippen molar-refractivity contribution in [1.82, 2.24) is 0 Å². The number of carboxylic acids is 1. The Morgan fingerprint density at radius 1 is 1.25 bits per heavy atom. The number of benzene rings is 2. The fourth-order valence-electron chi connectivity index (χ4n) is 5.20. The first-order valence-corrected chi connectivity index (χ1v) is 9.47. The summed E-state index contributed by atoms with van der Waals surface area (Å²) in [5, 5.41) is 13.8. The van der Waals surface area contributed by atoms with E-state index in [-0.39, 0.29) is 11.9 Å². The molecule has 0 radical (unpaired) electrons. The van der Waals surface area contributed by atoms with Crippen LogP contribution in [0.25, 0.3) is 10.8 Å². The standard InChI is InChI=1S/C23H21NO4/c1-13(2)12-18-23-11-10-17(28-23)19(22(26)27)20(23)21(25)24(18)16-9-5-7-14-6-3-4-8-15(14)16/h3-11,17-20H,1,12H2,2H3,(H,26,27)/p-1/t17-,18-,19-,20+,23+/m0/s1. The Labute approximate surface area is 162 Å². The molecule has 0 N–H and O–H groups in total. The van der Waals surface area contributed by atoms with E-state index in [0.29, 0.717) is 6.42 Å². The van der Waals surface area contributed by atoms with Crippen LogP contribution >= 0.6 is 0 Å². The van der Waals surface area contributed by atoms with Gasteiger partial charge in [-0.05, 0) is 24.8 Å². The molecular formula is C23H20NO4-. The molecular weight excluding hydrogens is 354 g/mol. The van der Waals surface area contributed by atoms with Gasteiger partial charge in [0.25, 0.3) is 0 Å². The van der Waals surface area contributed by atoms with Crippen molar-refractivity contribution < 1.29 is 19.4 Å². The van der Waals surface area contributed by atoms with Crippen molar-refractivity contribution in [2.75, 3.05) is 4.90 Å². The van der Waals surface area contributed by atoms with Crippen LogP contribution in [0.4, 0.5) is 5.69 Å². The Morgan fingerprint density at radius 3 is 2.75 bits per heavy atom. The number of amides is 1. The summed E-state index contributed by atoms with van der Waals surface area (Å²) in [7, 11) is 0. The van der Waals surface area contributed by atoms with Gasteiger partial charge in [0.05, 0.1) is 23.8 Å². The molecule has 0 aliphatic carbocycles. The van der Waals surface area contributed by atoms with E-state index in [0.717, 1.165) is 22.0 Å². The van der Waals surface area contributed by atoms with Crippen molar-refractivity contribution in [3.63, 3.8) is 0 Å². The third-order valence-corrected chi connectivity index (χ3v) is 6.26. The summed E-state index contributed by atoms with van der Waals surface area (Å²) in [6.45, 7) is 5.95. The SMILES string of the molecule is C=C(C)C[C@@H]1N(c2cccc3ccccc23)C(=O)[C@H]2[C@@H](C(=O)[O-])[C@@H]3C=C[C@@]12O3. The Bertz CT molecular complexity index is 1050. The molecule has 3 aliphatic rings. The zero-order valence-electron chi connectivity index (χ0n) is 15.5. The molecule has 1 spiro atoms. The first-order chi connectivity index (χ1) is 13.4. The smallest absolute Gasteiger partial charge is 0.234 e. The molecule has 2 aromatic carbocycles. The average Bonchev–Trinajstić information content (AvgIpc) is 3.30. The van der Waals surface area contributed by atoms with E-state index in [2.05, 4.69) is 6.58 Å². The first kappa shape index (κ1) is 17.2. The summed E-state index contributed by atoms with van der Waals surface area (Å²) >= 11 is 0. The summed E-state index contributed by atoms with van der Waals surface area (Å²) in [4.78, 5) is 27.2. The number of hydrogen-bond acceptors (Lipinski definition) is 4. The molecule has 142 valence electrons. The van der Waals surface area contributed by atoms with Crippen molar-refractivity contribution in [1.29, 1.82) is 0 Å². The van der Waals surface area contributed by atoms with Gasteiger partial charge < -0.3 is 19.5 Å². The first-order valence-electron chi connectivity index (χ1n) is 9.47. The number of anilines is 1. The largest absolute Gasteiger partial charge is 0.550 e. The Kier molecular flexibility index (Phi) is 3.55. The highest BCUT2D eigenvalue weighted by atomic mass is 16.5. The molecule has 2 bridgehead atoms. The molecule has 2 saturated heterocycles. The van der Waals surface area contributed by atoms with Crippen LogP contribution < -0.4 is 10.0 Å². The fourth-order valence-corrected chi connectivity index (χ4v) is 5.20. The Balaban J connectivity index is 1.71. The quantitative estimate of drug-likeness (QED) is 0.770. The number of carbonyl (C=O) groups excluding carboxylic acids is 2. The fraction of sp³-hybridized carbons (Fsp3) is 0.304. The van der Waals surface area contributed by atoms with Crippen LogP contribution in [0, 0.1) is 11.8 Å². The predicted molar refractivity (Wildman–Crippen MR) is 103 cm³/mol.